The number of nitrogens with zero attached hydrogens (tertiary/aromatic N) is 4. The minimum Gasteiger partial charge on any atom is -0.467 e. The van der Waals surface area contributed by atoms with Crippen molar-refractivity contribution in [2.45, 2.75) is 6.54 Å². The van der Waals surface area contributed by atoms with Crippen LogP contribution in [-0.2, 0) is 11.3 Å². The zero-order valence-electron chi connectivity index (χ0n) is 14.0. The highest BCUT2D eigenvalue weighted by Gasteiger charge is 2.19. The van der Waals surface area contributed by atoms with E-state index in [1.807, 2.05) is 4.90 Å². The van der Waals surface area contributed by atoms with Crippen LogP contribution in [0, 0.1) is 5.82 Å². The van der Waals surface area contributed by atoms with Gasteiger partial charge in [-0.15, -0.1) is 0 Å². The molecule has 0 aliphatic carbocycles. The average molecular weight is 382 g/mol. The monoisotopic (exact) mass is 381 g/mol. The molecule has 0 atom stereocenters. The first-order valence-corrected chi connectivity index (χ1v) is 8.30. The number of hydrogen-bond acceptors (Lipinski definition) is 7. The summed E-state index contributed by atoms with van der Waals surface area (Å²) in [4.78, 5) is 26.8. The maximum absolute atomic E-state index is 13.8. The number of benzene rings is 1. The molecule has 0 radical (unpaired) electrons. The fourth-order valence-electron chi connectivity index (χ4n) is 2.42. The number of morpholine rings is 1. The lowest BCUT2D eigenvalue weighted by atomic mass is 10.2. The van der Waals surface area contributed by atoms with E-state index in [0.717, 1.165) is 0 Å². The fourth-order valence-corrected chi connectivity index (χ4v) is 2.67. The lowest BCUT2D eigenvalue weighted by molar-refractivity contribution is 0.0946. The fraction of sp³-hybridized carbons (Fsp3) is 0.375. The van der Waals surface area contributed by atoms with Crippen molar-refractivity contribution >= 4 is 23.5 Å². The maximum atomic E-state index is 13.8. The molecule has 0 spiro atoms. The predicted molar refractivity (Wildman–Crippen MR) is 92.0 cm³/mol. The third-order valence-electron chi connectivity index (χ3n) is 3.72. The van der Waals surface area contributed by atoms with Gasteiger partial charge in [-0.1, -0.05) is 17.7 Å². The molecule has 2 heterocycles. The summed E-state index contributed by atoms with van der Waals surface area (Å²) in [5.74, 6) is -0.620. The Morgan fingerprint density at radius 3 is 2.81 bits per heavy atom. The highest BCUT2D eigenvalue weighted by atomic mass is 35.5. The molecule has 2 aromatic rings. The molecule has 1 aromatic carbocycles. The van der Waals surface area contributed by atoms with Crippen LogP contribution < -0.4 is 15.0 Å². The number of halogens is 2. The van der Waals surface area contributed by atoms with E-state index >= 15 is 0 Å². The van der Waals surface area contributed by atoms with Crippen molar-refractivity contribution in [2.24, 2.45) is 0 Å². The molecule has 3 rings (SSSR count). The van der Waals surface area contributed by atoms with Crippen molar-refractivity contribution < 1.29 is 18.7 Å². The standard InChI is InChI=1S/C16H17ClFN5O3/c1-25-16-21-12(20-15(22-16)23-5-7-26-8-6-23)9-19-14(24)13-10(17)3-2-4-11(13)18/h2-4H,5-9H2,1H3,(H,19,24). The van der Waals surface area contributed by atoms with Gasteiger partial charge in [0.25, 0.3) is 5.91 Å². The number of hydrogen-bond donors (Lipinski definition) is 1. The molecular formula is C16H17ClFN5O3. The Kier molecular flexibility index (Phi) is 5.79. The molecule has 1 aliphatic heterocycles. The smallest absolute Gasteiger partial charge is 0.321 e. The lowest BCUT2D eigenvalue weighted by Crippen LogP contribution is -2.37. The van der Waals surface area contributed by atoms with Crippen molar-refractivity contribution in [3.63, 3.8) is 0 Å². The second-order valence-corrected chi connectivity index (χ2v) is 5.82. The van der Waals surface area contributed by atoms with Crippen LogP contribution in [0.3, 0.4) is 0 Å². The molecule has 0 unspecified atom stereocenters. The van der Waals surface area contributed by atoms with E-state index in [0.29, 0.717) is 38.1 Å². The minimum absolute atomic E-state index is 0.0281. The normalized spacial score (nSPS) is 14.2. The van der Waals surface area contributed by atoms with Crippen molar-refractivity contribution in [2.75, 3.05) is 38.3 Å². The Bertz CT molecular complexity index is 781. The highest BCUT2D eigenvalue weighted by molar-refractivity contribution is 6.33. The number of aromatic nitrogens is 3. The summed E-state index contributed by atoms with van der Waals surface area (Å²) >= 11 is 5.90. The molecule has 0 bridgehead atoms. The van der Waals surface area contributed by atoms with Crippen LogP contribution in [0.4, 0.5) is 10.3 Å². The minimum atomic E-state index is -0.697. The third kappa shape index (κ3) is 4.17. The van der Waals surface area contributed by atoms with Crippen LogP contribution >= 0.6 is 11.6 Å². The first-order valence-electron chi connectivity index (χ1n) is 7.92. The highest BCUT2D eigenvalue weighted by Crippen LogP contribution is 2.19. The second-order valence-electron chi connectivity index (χ2n) is 5.42. The van der Waals surface area contributed by atoms with Gasteiger partial charge >= 0.3 is 6.01 Å². The molecule has 26 heavy (non-hydrogen) atoms. The summed E-state index contributed by atoms with van der Waals surface area (Å²) in [7, 11) is 1.44. The molecule has 1 aliphatic rings. The van der Waals surface area contributed by atoms with Crippen molar-refractivity contribution in [1.29, 1.82) is 0 Å². The van der Waals surface area contributed by atoms with Gasteiger partial charge in [0, 0.05) is 13.1 Å². The summed E-state index contributed by atoms with van der Waals surface area (Å²) in [5.41, 5.74) is -0.219. The molecule has 1 N–H and O–H groups in total. The van der Waals surface area contributed by atoms with Crippen LogP contribution in [0.1, 0.15) is 16.2 Å². The average Bonchev–Trinajstić information content (AvgIpc) is 2.66. The number of nitrogens with one attached hydrogen (secondary N) is 1. The van der Waals surface area contributed by atoms with Crippen LogP contribution in [0.25, 0.3) is 0 Å². The van der Waals surface area contributed by atoms with Crippen LogP contribution in [-0.4, -0.2) is 54.3 Å². The third-order valence-corrected chi connectivity index (χ3v) is 4.04. The quantitative estimate of drug-likeness (QED) is 0.838. The van der Waals surface area contributed by atoms with E-state index in [2.05, 4.69) is 20.3 Å². The molecule has 138 valence electrons. The second kappa shape index (κ2) is 8.24. The topological polar surface area (TPSA) is 89.5 Å². The summed E-state index contributed by atoms with van der Waals surface area (Å²) in [6.07, 6.45) is 0. The number of carbonyl (C=O) groups excluding carboxylic acids is 1. The Labute approximate surface area is 154 Å². The van der Waals surface area contributed by atoms with Gasteiger partial charge in [-0.3, -0.25) is 4.79 Å². The van der Waals surface area contributed by atoms with Gasteiger partial charge in [0.05, 0.1) is 37.5 Å². The number of carbonyl (C=O) groups is 1. The lowest BCUT2D eigenvalue weighted by Gasteiger charge is -2.26. The van der Waals surface area contributed by atoms with Crippen LogP contribution in [0.15, 0.2) is 18.2 Å². The molecule has 1 saturated heterocycles. The Morgan fingerprint density at radius 1 is 1.35 bits per heavy atom. The van der Waals surface area contributed by atoms with Crippen molar-refractivity contribution in [1.82, 2.24) is 20.3 Å². The Morgan fingerprint density at radius 2 is 2.12 bits per heavy atom. The van der Waals surface area contributed by atoms with Crippen LogP contribution in [0.5, 0.6) is 6.01 Å². The van der Waals surface area contributed by atoms with Gasteiger partial charge in [-0.05, 0) is 12.1 Å². The number of anilines is 1. The Hall–Kier alpha value is -2.52. The van der Waals surface area contributed by atoms with E-state index in [-0.39, 0.29) is 23.1 Å². The molecule has 10 heteroatoms. The molecule has 0 saturated carbocycles. The SMILES string of the molecule is COc1nc(CNC(=O)c2c(F)cccc2Cl)nc(N2CCOCC2)n1. The molecule has 1 amide bonds. The summed E-state index contributed by atoms with van der Waals surface area (Å²) in [6.45, 7) is 2.41. The summed E-state index contributed by atoms with van der Waals surface area (Å²) in [5, 5.41) is 2.60. The number of amides is 1. The largest absolute Gasteiger partial charge is 0.467 e. The van der Waals surface area contributed by atoms with Crippen molar-refractivity contribution in [3.05, 3.63) is 40.4 Å². The van der Waals surface area contributed by atoms with E-state index in [1.54, 1.807) is 0 Å². The summed E-state index contributed by atoms with van der Waals surface area (Å²) in [6, 6.07) is 4.18. The van der Waals surface area contributed by atoms with Gasteiger partial charge < -0.3 is 19.7 Å². The first kappa shape index (κ1) is 18.3. The van der Waals surface area contributed by atoms with E-state index < -0.39 is 11.7 Å². The van der Waals surface area contributed by atoms with Gasteiger partial charge in [-0.25, -0.2) is 4.39 Å². The van der Waals surface area contributed by atoms with Crippen LogP contribution in [0.2, 0.25) is 5.02 Å². The van der Waals surface area contributed by atoms with E-state index in [4.69, 9.17) is 21.1 Å². The van der Waals surface area contributed by atoms with Gasteiger partial charge in [0.2, 0.25) is 5.95 Å². The molecular weight excluding hydrogens is 365 g/mol. The number of methoxy groups -OCH3 is 1. The van der Waals surface area contributed by atoms with E-state index in [9.17, 15) is 9.18 Å². The van der Waals surface area contributed by atoms with Gasteiger partial charge in [0.1, 0.15) is 5.82 Å². The molecule has 1 fully saturated rings. The predicted octanol–water partition coefficient (Wildman–Crippen LogP) is 1.44. The molecule has 1 aromatic heterocycles. The first-order chi connectivity index (χ1) is 12.6. The van der Waals surface area contributed by atoms with Gasteiger partial charge in [0.15, 0.2) is 5.82 Å². The zero-order valence-corrected chi connectivity index (χ0v) is 14.8. The molecule has 8 nitrogen and oxygen atoms in total. The van der Waals surface area contributed by atoms with E-state index in [1.165, 1.54) is 25.3 Å². The van der Waals surface area contributed by atoms with Gasteiger partial charge in [-0.2, -0.15) is 15.0 Å². The maximum Gasteiger partial charge on any atom is 0.321 e. The van der Waals surface area contributed by atoms with Crippen molar-refractivity contribution in [3.8, 4) is 6.01 Å². The zero-order chi connectivity index (χ0) is 18.5. The number of rotatable bonds is 5. The summed E-state index contributed by atoms with van der Waals surface area (Å²) < 4.78 is 24.2. The number of ether oxygens (including phenoxy) is 2. The Balaban J connectivity index is 1.75.